The highest BCUT2D eigenvalue weighted by Crippen LogP contribution is 1.99. The van der Waals surface area contributed by atoms with Gasteiger partial charge in [-0.25, -0.2) is 5.43 Å². The third kappa shape index (κ3) is 4.02. The van der Waals surface area contributed by atoms with Crippen molar-refractivity contribution in [3.63, 3.8) is 0 Å². The van der Waals surface area contributed by atoms with E-state index in [0.29, 0.717) is 5.56 Å². The number of aromatic nitrogens is 1. The number of nitrogens with one attached hydrogen (secondary N) is 1. The summed E-state index contributed by atoms with van der Waals surface area (Å²) < 4.78 is 1.98. The second-order valence-corrected chi connectivity index (χ2v) is 4.75. The highest BCUT2D eigenvalue weighted by Gasteiger charge is 2.10. The minimum atomic E-state index is -0.200. The smallest absolute Gasteiger partial charge is 0.267 e. The first-order valence-corrected chi connectivity index (χ1v) is 6.49. The first-order valence-electron chi connectivity index (χ1n) is 6.49. The fourth-order valence-corrected chi connectivity index (χ4v) is 1.78. The maximum atomic E-state index is 11.9. The van der Waals surface area contributed by atoms with Crippen LogP contribution in [0.1, 0.15) is 29.8 Å². The van der Waals surface area contributed by atoms with Crippen molar-refractivity contribution < 1.29 is 9.36 Å². The van der Waals surface area contributed by atoms with Gasteiger partial charge in [-0.2, -0.15) is 9.67 Å². The molecule has 0 saturated carbocycles. The molecular formula is C16H18N3O+. The Kier molecular flexibility index (Phi) is 4.60. The van der Waals surface area contributed by atoms with Crippen molar-refractivity contribution in [1.29, 1.82) is 0 Å². The average molecular weight is 268 g/mol. The Labute approximate surface area is 118 Å². The summed E-state index contributed by atoms with van der Waals surface area (Å²) in [4.78, 5) is 11.9. The van der Waals surface area contributed by atoms with Crippen LogP contribution in [-0.2, 0) is 6.54 Å². The second-order valence-electron chi connectivity index (χ2n) is 4.75. The Balaban J connectivity index is 2.12. The van der Waals surface area contributed by atoms with Crippen molar-refractivity contribution in [1.82, 2.24) is 5.43 Å². The van der Waals surface area contributed by atoms with Gasteiger partial charge in [0.2, 0.25) is 0 Å². The van der Waals surface area contributed by atoms with Crippen LogP contribution in [0.15, 0.2) is 60.0 Å². The van der Waals surface area contributed by atoms with Crippen LogP contribution in [0.3, 0.4) is 0 Å². The highest BCUT2D eigenvalue weighted by molar-refractivity contribution is 5.94. The summed E-state index contributed by atoms with van der Waals surface area (Å²) >= 11 is 0. The molecular weight excluding hydrogens is 250 g/mol. The summed E-state index contributed by atoms with van der Waals surface area (Å²) in [5.41, 5.74) is 5.12. The number of hydrazone groups is 1. The van der Waals surface area contributed by atoms with Gasteiger partial charge >= 0.3 is 0 Å². The van der Waals surface area contributed by atoms with Crippen molar-refractivity contribution in [2.75, 3.05) is 0 Å². The van der Waals surface area contributed by atoms with E-state index in [1.165, 1.54) is 5.56 Å². The molecule has 1 heterocycles. The van der Waals surface area contributed by atoms with E-state index < -0.39 is 0 Å². The molecule has 0 fully saturated rings. The van der Waals surface area contributed by atoms with Gasteiger partial charge in [0.25, 0.3) is 5.91 Å². The van der Waals surface area contributed by atoms with E-state index in [9.17, 15) is 4.79 Å². The first-order chi connectivity index (χ1) is 9.65. The van der Waals surface area contributed by atoms with Gasteiger partial charge in [0, 0.05) is 17.3 Å². The number of nitrogens with zero attached hydrogens (tertiary/aromatic N) is 2. The quantitative estimate of drug-likeness (QED) is 0.515. The summed E-state index contributed by atoms with van der Waals surface area (Å²) in [6, 6.07) is 13.8. The summed E-state index contributed by atoms with van der Waals surface area (Å²) in [5.74, 6) is -0.200. The summed E-state index contributed by atoms with van der Waals surface area (Å²) in [6.07, 6.45) is 3.76. The van der Waals surface area contributed by atoms with E-state index >= 15 is 0 Å². The molecule has 1 aromatic carbocycles. The number of carbonyl (C=O) groups excluding carboxylic acids is 1. The Morgan fingerprint density at radius 1 is 1.15 bits per heavy atom. The topological polar surface area (TPSA) is 45.3 Å². The van der Waals surface area contributed by atoms with Crippen LogP contribution >= 0.6 is 0 Å². The number of pyridine rings is 1. The van der Waals surface area contributed by atoms with Crippen LogP contribution in [-0.4, -0.2) is 11.6 Å². The molecule has 1 amide bonds. The molecule has 4 nitrogen and oxygen atoms in total. The fourth-order valence-electron chi connectivity index (χ4n) is 1.78. The second kappa shape index (κ2) is 6.61. The van der Waals surface area contributed by atoms with E-state index in [0.717, 1.165) is 12.3 Å². The van der Waals surface area contributed by atoms with Crippen LogP contribution in [0.25, 0.3) is 0 Å². The van der Waals surface area contributed by atoms with Crippen LogP contribution < -0.4 is 9.99 Å². The molecule has 0 unspecified atom stereocenters. The highest BCUT2D eigenvalue weighted by atomic mass is 16.2. The van der Waals surface area contributed by atoms with Crippen LogP contribution in [0.2, 0.25) is 0 Å². The molecule has 2 rings (SSSR count). The van der Waals surface area contributed by atoms with Crippen molar-refractivity contribution in [3.05, 3.63) is 66.0 Å². The summed E-state index contributed by atoms with van der Waals surface area (Å²) in [5, 5.41) is 3.92. The predicted octanol–water partition coefficient (Wildman–Crippen LogP) is 2.15. The summed E-state index contributed by atoms with van der Waals surface area (Å²) in [6.45, 7) is 4.40. The van der Waals surface area contributed by atoms with E-state index in [2.05, 4.69) is 22.7 Å². The van der Waals surface area contributed by atoms with Crippen LogP contribution in [0.4, 0.5) is 0 Å². The number of hydrogen-bond acceptors (Lipinski definition) is 2. The standard InChI is InChI=1S/C16H17N3O/c1-13(2)17-18-16(20)15-9-6-10-19(12-15)11-14-7-4-3-5-8-14/h3-10,12H,11H2,1-2H3/p+1. The molecule has 102 valence electrons. The van der Waals surface area contributed by atoms with Gasteiger partial charge in [-0.1, -0.05) is 30.3 Å². The Morgan fingerprint density at radius 2 is 1.90 bits per heavy atom. The lowest BCUT2D eigenvalue weighted by Crippen LogP contribution is -2.35. The number of hydrogen-bond donors (Lipinski definition) is 1. The lowest BCUT2D eigenvalue weighted by atomic mass is 10.2. The molecule has 0 aliphatic heterocycles. The van der Waals surface area contributed by atoms with E-state index in [1.807, 2.05) is 55.1 Å². The van der Waals surface area contributed by atoms with Gasteiger partial charge in [0.05, 0.1) is 0 Å². The molecule has 1 aromatic heterocycles. The van der Waals surface area contributed by atoms with Crippen molar-refractivity contribution >= 4 is 11.6 Å². The minimum absolute atomic E-state index is 0.200. The van der Waals surface area contributed by atoms with E-state index in [4.69, 9.17) is 0 Å². The molecule has 0 radical (unpaired) electrons. The van der Waals surface area contributed by atoms with Gasteiger partial charge < -0.3 is 0 Å². The monoisotopic (exact) mass is 268 g/mol. The normalized spacial score (nSPS) is 9.90. The molecule has 2 aromatic rings. The summed E-state index contributed by atoms with van der Waals surface area (Å²) in [7, 11) is 0. The fraction of sp³-hybridized carbons (Fsp3) is 0.188. The van der Waals surface area contributed by atoms with Gasteiger partial charge in [-0.3, -0.25) is 4.79 Å². The number of carbonyl (C=O) groups is 1. The molecule has 1 N–H and O–H groups in total. The largest absolute Gasteiger partial charge is 0.277 e. The van der Waals surface area contributed by atoms with Crippen molar-refractivity contribution in [2.24, 2.45) is 5.10 Å². The van der Waals surface area contributed by atoms with Gasteiger partial charge in [0.15, 0.2) is 18.9 Å². The number of rotatable bonds is 4. The maximum Gasteiger partial charge on any atom is 0.277 e. The third-order valence-electron chi connectivity index (χ3n) is 2.71. The van der Waals surface area contributed by atoms with E-state index in [-0.39, 0.29) is 5.91 Å². The van der Waals surface area contributed by atoms with E-state index in [1.54, 1.807) is 6.07 Å². The van der Waals surface area contributed by atoms with Crippen molar-refractivity contribution in [2.45, 2.75) is 20.4 Å². The number of benzene rings is 1. The maximum absolute atomic E-state index is 11.9. The third-order valence-corrected chi connectivity index (χ3v) is 2.71. The van der Waals surface area contributed by atoms with Crippen LogP contribution in [0, 0.1) is 0 Å². The average Bonchev–Trinajstić information content (AvgIpc) is 2.46. The van der Waals surface area contributed by atoms with Gasteiger partial charge in [-0.15, -0.1) is 0 Å². The van der Waals surface area contributed by atoms with Crippen LogP contribution in [0.5, 0.6) is 0 Å². The number of amides is 1. The molecule has 0 aliphatic carbocycles. The molecule has 0 bridgehead atoms. The van der Waals surface area contributed by atoms with Gasteiger partial charge in [0.1, 0.15) is 5.56 Å². The molecule has 4 heteroatoms. The SMILES string of the molecule is CC(C)=NNC(=O)c1ccc[n+](Cc2ccccc2)c1. The zero-order chi connectivity index (χ0) is 14.4. The first kappa shape index (κ1) is 13.9. The van der Waals surface area contributed by atoms with Crippen molar-refractivity contribution in [3.8, 4) is 0 Å². The van der Waals surface area contributed by atoms with Gasteiger partial charge in [-0.05, 0) is 19.9 Å². The molecule has 0 aliphatic rings. The molecule has 20 heavy (non-hydrogen) atoms. The zero-order valence-electron chi connectivity index (χ0n) is 11.7. The molecule has 0 spiro atoms. The Morgan fingerprint density at radius 3 is 2.60 bits per heavy atom. The Hall–Kier alpha value is -2.49. The Bertz CT molecular complexity index is 617. The molecule has 0 atom stereocenters. The molecule has 0 saturated heterocycles. The lowest BCUT2D eigenvalue weighted by Gasteiger charge is -2.01. The zero-order valence-corrected chi connectivity index (χ0v) is 11.7. The predicted molar refractivity (Wildman–Crippen MR) is 78.4 cm³/mol. The minimum Gasteiger partial charge on any atom is -0.267 e. The lowest BCUT2D eigenvalue weighted by molar-refractivity contribution is -0.688.